The molecule has 46 valence electrons. The van der Waals surface area contributed by atoms with Crippen molar-refractivity contribution < 1.29 is 10.0 Å². The molecule has 0 rings (SSSR count). The molecule has 8 heavy (non-hydrogen) atoms. The minimum atomic E-state index is -1.27. The highest BCUT2D eigenvalue weighted by molar-refractivity contribution is 6.50. The van der Waals surface area contributed by atoms with Crippen molar-refractivity contribution in [1.82, 2.24) is 0 Å². The molecule has 2 nitrogen and oxygen atoms in total. The first kappa shape index (κ1) is 7.72. The van der Waals surface area contributed by atoms with Crippen LogP contribution in [0.15, 0.2) is 11.5 Å². The van der Waals surface area contributed by atoms with Crippen molar-refractivity contribution >= 4 is 7.12 Å². The van der Waals surface area contributed by atoms with E-state index in [0.29, 0.717) is 5.47 Å². The maximum absolute atomic E-state index is 8.44. The van der Waals surface area contributed by atoms with Crippen molar-refractivity contribution in [2.45, 2.75) is 20.3 Å². The standard InChI is InChI=1S/C5H11BO2/c1-3-4-5(2)6(7)8/h4,7-8H,3H2,1-2H3. The van der Waals surface area contributed by atoms with Gasteiger partial charge in [-0.3, -0.25) is 0 Å². The average Bonchev–Trinajstić information content (AvgIpc) is 1.67. The van der Waals surface area contributed by atoms with Crippen LogP contribution in [-0.4, -0.2) is 17.2 Å². The first-order chi connectivity index (χ1) is 3.68. The van der Waals surface area contributed by atoms with Crippen LogP contribution in [0.3, 0.4) is 0 Å². The first-order valence-corrected chi connectivity index (χ1v) is 2.71. The van der Waals surface area contributed by atoms with E-state index in [4.69, 9.17) is 10.0 Å². The van der Waals surface area contributed by atoms with Gasteiger partial charge in [-0.2, -0.15) is 0 Å². The van der Waals surface area contributed by atoms with Crippen LogP contribution in [0, 0.1) is 0 Å². The van der Waals surface area contributed by atoms with Crippen LogP contribution >= 0.6 is 0 Å². The van der Waals surface area contributed by atoms with Crippen LogP contribution in [-0.2, 0) is 0 Å². The lowest BCUT2D eigenvalue weighted by Gasteiger charge is -1.94. The largest absolute Gasteiger partial charge is 0.483 e. The van der Waals surface area contributed by atoms with Crippen molar-refractivity contribution in [3.8, 4) is 0 Å². The van der Waals surface area contributed by atoms with Gasteiger partial charge in [0.15, 0.2) is 0 Å². The molecule has 0 spiro atoms. The van der Waals surface area contributed by atoms with Crippen molar-refractivity contribution in [2.24, 2.45) is 0 Å². The summed E-state index contributed by atoms with van der Waals surface area (Å²) in [5, 5.41) is 16.9. The van der Waals surface area contributed by atoms with Crippen LogP contribution in [0.25, 0.3) is 0 Å². The van der Waals surface area contributed by atoms with Crippen LogP contribution < -0.4 is 0 Å². The molecule has 0 atom stereocenters. The van der Waals surface area contributed by atoms with Gasteiger partial charge in [-0.15, -0.1) is 0 Å². The fourth-order valence-corrected chi connectivity index (χ4v) is 0.427. The monoisotopic (exact) mass is 114 g/mol. The molecule has 0 saturated heterocycles. The number of allylic oxidation sites excluding steroid dienone is 2. The van der Waals surface area contributed by atoms with Crippen LogP contribution in [0.2, 0.25) is 0 Å². The summed E-state index contributed by atoms with van der Waals surface area (Å²) < 4.78 is 0. The Morgan fingerprint density at radius 3 is 2.25 bits per heavy atom. The fraction of sp³-hybridized carbons (Fsp3) is 0.600. The van der Waals surface area contributed by atoms with Gasteiger partial charge >= 0.3 is 7.12 Å². The van der Waals surface area contributed by atoms with Gasteiger partial charge in [0.2, 0.25) is 0 Å². The van der Waals surface area contributed by atoms with Crippen LogP contribution in [0.5, 0.6) is 0 Å². The average molecular weight is 114 g/mol. The first-order valence-electron chi connectivity index (χ1n) is 2.71. The quantitative estimate of drug-likeness (QED) is 0.508. The minimum absolute atomic E-state index is 0.618. The molecule has 0 aromatic rings. The van der Waals surface area contributed by atoms with Crippen molar-refractivity contribution in [3.63, 3.8) is 0 Å². The predicted octanol–water partition coefficient (Wildman–Crippen LogP) is 0.355. The molecule has 0 aliphatic heterocycles. The summed E-state index contributed by atoms with van der Waals surface area (Å²) in [5.74, 6) is 0. The fourth-order valence-electron chi connectivity index (χ4n) is 0.427. The van der Waals surface area contributed by atoms with Crippen LogP contribution in [0.4, 0.5) is 0 Å². The van der Waals surface area contributed by atoms with Crippen molar-refractivity contribution in [2.75, 3.05) is 0 Å². The molecule has 0 heterocycles. The zero-order valence-electron chi connectivity index (χ0n) is 5.26. The van der Waals surface area contributed by atoms with Crippen molar-refractivity contribution in [1.29, 1.82) is 0 Å². The SMILES string of the molecule is CCC=C(C)B(O)O. The normalized spacial score (nSPS) is 11.8. The van der Waals surface area contributed by atoms with E-state index in [1.165, 1.54) is 0 Å². The molecule has 0 unspecified atom stereocenters. The third-order valence-corrected chi connectivity index (χ3v) is 0.933. The van der Waals surface area contributed by atoms with E-state index in [0.717, 1.165) is 6.42 Å². The van der Waals surface area contributed by atoms with Gasteiger partial charge in [-0.1, -0.05) is 13.0 Å². The molecule has 0 radical (unpaired) electrons. The second-order valence-electron chi connectivity index (χ2n) is 1.73. The summed E-state index contributed by atoms with van der Waals surface area (Å²) in [6.07, 6.45) is 2.63. The summed E-state index contributed by atoms with van der Waals surface area (Å²) in [5.41, 5.74) is 0.618. The maximum atomic E-state index is 8.44. The number of hydrogen-bond acceptors (Lipinski definition) is 2. The highest BCUT2D eigenvalue weighted by atomic mass is 16.4. The zero-order chi connectivity index (χ0) is 6.57. The molecule has 0 bridgehead atoms. The molecule has 0 aromatic carbocycles. The Balaban J connectivity index is 3.61. The topological polar surface area (TPSA) is 40.5 Å². The Bertz CT molecular complexity index is 88.4. The third kappa shape index (κ3) is 2.83. The minimum Gasteiger partial charge on any atom is -0.423 e. The smallest absolute Gasteiger partial charge is 0.423 e. The molecular weight excluding hydrogens is 103 g/mol. The highest BCUT2D eigenvalue weighted by Gasteiger charge is 2.06. The predicted molar refractivity (Wildman–Crippen MR) is 34.2 cm³/mol. The lowest BCUT2D eigenvalue weighted by atomic mass is 9.80. The molecule has 0 aromatic heterocycles. The molecule has 0 amide bonds. The van der Waals surface area contributed by atoms with Gasteiger partial charge in [0.05, 0.1) is 0 Å². The maximum Gasteiger partial charge on any atom is 0.483 e. The Labute approximate surface area is 50.0 Å². The van der Waals surface area contributed by atoms with Gasteiger partial charge in [-0.05, 0) is 18.8 Å². The number of rotatable bonds is 2. The second kappa shape index (κ2) is 3.69. The van der Waals surface area contributed by atoms with Gasteiger partial charge in [0.1, 0.15) is 0 Å². The summed E-state index contributed by atoms with van der Waals surface area (Å²) >= 11 is 0. The van der Waals surface area contributed by atoms with Gasteiger partial charge < -0.3 is 10.0 Å². The molecule has 0 aliphatic carbocycles. The van der Waals surface area contributed by atoms with E-state index in [-0.39, 0.29) is 0 Å². The van der Waals surface area contributed by atoms with E-state index in [9.17, 15) is 0 Å². The molecule has 3 heteroatoms. The Hall–Kier alpha value is -0.275. The lowest BCUT2D eigenvalue weighted by molar-refractivity contribution is 0.419. The molecular formula is C5H11BO2. The van der Waals surface area contributed by atoms with Gasteiger partial charge in [0.25, 0.3) is 0 Å². The Kier molecular flexibility index (Phi) is 3.57. The van der Waals surface area contributed by atoms with E-state index in [1.54, 1.807) is 13.0 Å². The van der Waals surface area contributed by atoms with E-state index < -0.39 is 7.12 Å². The van der Waals surface area contributed by atoms with E-state index >= 15 is 0 Å². The van der Waals surface area contributed by atoms with E-state index in [1.807, 2.05) is 6.92 Å². The third-order valence-electron chi connectivity index (χ3n) is 0.933. The summed E-state index contributed by atoms with van der Waals surface area (Å²) in [6.45, 7) is 3.64. The summed E-state index contributed by atoms with van der Waals surface area (Å²) in [6, 6.07) is 0. The number of hydrogen-bond donors (Lipinski definition) is 2. The molecule has 0 aliphatic rings. The molecule has 0 saturated carbocycles. The second-order valence-corrected chi connectivity index (χ2v) is 1.73. The summed E-state index contributed by atoms with van der Waals surface area (Å²) in [7, 11) is -1.27. The Morgan fingerprint density at radius 2 is 2.12 bits per heavy atom. The van der Waals surface area contributed by atoms with E-state index in [2.05, 4.69) is 0 Å². The van der Waals surface area contributed by atoms with Gasteiger partial charge in [-0.25, -0.2) is 0 Å². The zero-order valence-corrected chi connectivity index (χ0v) is 5.26. The van der Waals surface area contributed by atoms with Crippen molar-refractivity contribution in [3.05, 3.63) is 11.5 Å². The molecule has 2 N–H and O–H groups in total. The van der Waals surface area contributed by atoms with Crippen LogP contribution in [0.1, 0.15) is 20.3 Å². The summed E-state index contributed by atoms with van der Waals surface area (Å²) in [4.78, 5) is 0. The van der Waals surface area contributed by atoms with Gasteiger partial charge in [0, 0.05) is 0 Å². The lowest BCUT2D eigenvalue weighted by Crippen LogP contribution is -2.12. The molecule has 0 fully saturated rings. The Morgan fingerprint density at radius 1 is 1.62 bits per heavy atom. The highest BCUT2D eigenvalue weighted by Crippen LogP contribution is 1.94.